The first kappa shape index (κ1) is 28.4. The molecular formula is C37H42N4O. The van der Waals surface area contributed by atoms with Crippen molar-refractivity contribution in [2.75, 3.05) is 52.4 Å². The lowest BCUT2D eigenvalue weighted by molar-refractivity contribution is 0.0673. The van der Waals surface area contributed by atoms with Gasteiger partial charge in [-0.05, 0) is 65.9 Å². The van der Waals surface area contributed by atoms with Crippen LogP contribution in [0.5, 0.6) is 0 Å². The third-order valence-electron chi connectivity index (χ3n) is 8.79. The summed E-state index contributed by atoms with van der Waals surface area (Å²) in [6, 6.07) is 38.7. The van der Waals surface area contributed by atoms with Gasteiger partial charge in [0.1, 0.15) is 0 Å². The molecule has 5 heteroatoms. The number of benzene rings is 4. The highest BCUT2D eigenvalue weighted by Crippen LogP contribution is 2.29. The van der Waals surface area contributed by atoms with E-state index in [2.05, 4.69) is 117 Å². The lowest BCUT2D eigenvalue weighted by Crippen LogP contribution is -2.50. The van der Waals surface area contributed by atoms with Crippen molar-refractivity contribution >= 4 is 5.91 Å². The molecule has 216 valence electrons. The largest absolute Gasteiger partial charge is 0.333 e. The molecule has 0 unspecified atom stereocenters. The number of hydrogen-bond donors (Lipinski definition) is 1. The van der Waals surface area contributed by atoms with Crippen LogP contribution < -0.4 is 5.32 Å². The minimum Gasteiger partial charge on any atom is -0.333 e. The van der Waals surface area contributed by atoms with Crippen molar-refractivity contribution in [3.05, 3.63) is 143 Å². The monoisotopic (exact) mass is 558 g/mol. The maximum Gasteiger partial charge on any atom is 0.254 e. The molecule has 0 spiro atoms. The van der Waals surface area contributed by atoms with Crippen molar-refractivity contribution in [2.24, 2.45) is 0 Å². The summed E-state index contributed by atoms with van der Waals surface area (Å²) in [4.78, 5) is 21.1. The first-order chi connectivity index (χ1) is 20.7. The van der Waals surface area contributed by atoms with Gasteiger partial charge in [-0.3, -0.25) is 14.6 Å². The second-order valence-corrected chi connectivity index (χ2v) is 11.5. The molecule has 6 rings (SSSR count). The lowest BCUT2D eigenvalue weighted by atomic mass is 9.96. The average Bonchev–Trinajstić information content (AvgIpc) is 3.30. The van der Waals surface area contributed by atoms with Gasteiger partial charge < -0.3 is 10.2 Å². The zero-order chi connectivity index (χ0) is 28.6. The predicted octanol–water partition coefficient (Wildman–Crippen LogP) is 5.42. The van der Waals surface area contributed by atoms with Gasteiger partial charge in [0, 0.05) is 51.4 Å². The van der Waals surface area contributed by atoms with Gasteiger partial charge >= 0.3 is 0 Å². The Balaban J connectivity index is 1.13. The molecule has 0 bridgehead atoms. The molecule has 5 nitrogen and oxygen atoms in total. The van der Waals surface area contributed by atoms with Gasteiger partial charge in [0.15, 0.2) is 0 Å². The van der Waals surface area contributed by atoms with Crippen LogP contribution in [0.15, 0.2) is 109 Å². The number of rotatable bonds is 9. The zero-order valence-corrected chi connectivity index (χ0v) is 24.5. The molecule has 4 aromatic rings. The molecule has 0 aromatic heterocycles. The standard InChI is InChI=1S/C37H42N4O/c42-37(35-17-16-31-18-20-38-21-19-34(31)28-35)41(29-30-10-4-1-5-11-30)27-24-39-22-25-40(26-23-39)36(32-12-6-2-7-13-32)33-14-8-3-9-15-33/h1-17,28,36,38H,18-27,29H2. The summed E-state index contributed by atoms with van der Waals surface area (Å²) in [5.41, 5.74) is 7.34. The van der Waals surface area contributed by atoms with Crippen molar-refractivity contribution in [3.63, 3.8) is 0 Å². The van der Waals surface area contributed by atoms with E-state index in [9.17, 15) is 4.79 Å². The van der Waals surface area contributed by atoms with Crippen molar-refractivity contribution < 1.29 is 4.79 Å². The summed E-state index contributed by atoms with van der Waals surface area (Å²) in [5, 5.41) is 3.48. The van der Waals surface area contributed by atoms with E-state index in [4.69, 9.17) is 0 Å². The molecular weight excluding hydrogens is 516 g/mol. The number of piperazine rings is 1. The van der Waals surface area contributed by atoms with Gasteiger partial charge in [-0.15, -0.1) is 0 Å². The fraction of sp³-hybridized carbons (Fsp3) is 0.324. The van der Waals surface area contributed by atoms with Gasteiger partial charge in [0.05, 0.1) is 6.04 Å². The second-order valence-electron chi connectivity index (χ2n) is 11.5. The average molecular weight is 559 g/mol. The van der Waals surface area contributed by atoms with Crippen LogP contribution in [0.1, 0.15) is 44.2 Å². The molecule has 4 aromatic carbocycles. The van der Waals surface area contributed by atoms with Gasteiger partial charge in [0.2, 0.25) is 0 Å². The Morgan fingerprint density at radius 2 is 1.31 bits per heavy atom. The first-order valence-corrected chi connectivity index (χ1v) is 15.5. The number of carbonyl (C=O) groups is 1. The fourth-order valence-corrected chi connectivity index (χ4v) is 6.44. The number of fused-ring (bicyclic) bond motifs is 1. The van der Waals surface area contributed by atoms with Crippen LogP contribution in [-0.4, -0.2) is 73.0 Å². The maximum absolute atomic E-state index is 13.9. The maximum atomic E-state index is 13.9. The normalized spacial score (nSPS) is 16.1. The summed E-state index contributed by atoms with van der Waals surface area (Å²) in [7, 11) is 0. The number of amides is 1. The van der Waals surface area contributed by atoms with Crippen molar-refractivity contribution in [1.29, 1.82) is 0 Å². The van der Waals surface area contributed by atoms with Crippen LogP contribution in [0.4, 0.5) is 0 Å². The van der Waals surface area contributed by atoms with E-state index in [0.717, 1.165) is 64.2 Å². The SMILES string of the molecule is O=C(c1ccc2c(c1)CCNCC2)N(CCN1CCN(C(c2ccccc2)c2ccccc2)CC1)Cc1ccccc1. The summed E-state index contributed by atoms with van der Waals surface area (Å²) in [6.07, 6.45) is 2.01. The molecule has 2 heterocycles. The number of carbonyl (C=O) groups excluding carboxylic acids is 1. The number of hydrogen-bond acceptors (Lipinski definition) is 4. The Morgan fingerprint density at radius 1 is 0.714 bits per heavy atom. The van der Waals surface area contributed by atoms with E-state index in [1.807, 2.05) is 12.1 Å². The third-order valence-corrected chi connectivity index (χ3v) is 8.79. The Kier molecular flexibility index (Phi) is 9.40. The van der Waals surface area contributed by atoms with E-state index >= 15 is 0 Å². The van der Waals surface area contributed by atoms with Crippen molar-refractivity contribution in [3.8, 4) is 0 Å². The molecule has 0 aliphatic carbocycles. The molecule has 1 N–H and O–H groups in total. The molecule has 2 aliphatic heterocycles. The molecule has 1 amide bonds. The summed E-state index contributed by atoms with van der Waals surface area (Å²) in [6.45, 7) is 8.19. The van der Waals surface area contributed by atoms with E-state index in [0.29, 0.717) is 13.1 Å². The van der Waals surface area contributed by atoms with Crippen molar-refractivity contribution in [2.45, 2.75) is 25.4 Å². The van der Waals surface area contributed by atoms with E-state index in [1.54, 1.807) is 0 Å². The topological polar surface area (TPSA) is 38.8 Å². The lowest BCUT2D eigenvalue weighted by Gasteiger charge is -2.40. The third kappa shape index (κ3) is 6.99. The Morgan fingerprint density at radius 3 is 1.95 bits per heavy atom. The highest BCUT2D eigenvalue weighted by atomic mass is 16.2. The quantitative estimate of drug-likeness (QED) is 0.298. The van der Waals surface area contributed by atoms with Gasteiger partial charge in [-0.25, -0.2) is 0 Å². The summed E-state index contributed by atoms with van der Waals surface area (Å²) in [5.74, 6) is 0.130. The van der Waals surface area contributed by atoms with E-state index in [1.165, 1.54) is 27.8 Å². The second kappa shape index (κ2) is 13.9. The number of nitrogens with zero attached hydrogens (tertiary/aromatic N) is 3. The highest BCUT2D eigenvalue weighted by Gasteiger charge is 2.27. The molecule has 42 heavy (non-hydrogen) atoms. The van der Waals surface area contributed by atoms with Crippen LogP contribution >= 0.6 is 0 Å². The van der Waals surface area contributed by atoms with Crippen LogP contribution in [0.25, 0.3) is 0 Å². The van der Waals surface area contributed by atoms with Crippen molar-refractivity contribution in [1.82, 2.24) is 20.0 Å². The minimum absolute atomic E-state index is 0.130. The van der Waals surface area contributed by atoms with E-state index < -0.39 is 0 Å². The molecule has 1 fully saturated rings. The molecule has 0 atom stereocenters. The summed E-state index contributed by atoms with van der Waals surface area (Å²) < 4.78 is 0. The van der Waals surface area contributed by atoms with Gasteiger partial charge in [-0.1, -0.05) is 97.1 Å². The van der Waals surface area contributed by atoms with Crippen LogP contribution in [0.3, 0.4) is 0 Å². The Labute approximate surface area is 250 Å². The minimum atomic E-state index is 0.130. The van der Waals surface area contributed by atoms with E-state index in [-0.39, 0.29) is 11.9 Å². The molecule has 2 aliphatic rings. The van der Waals surface area contributed by atoms with Crippen LogP contribution in [0.2, 0.25) is 0 Å². The molecule has 1 saturated heterocycles. The first-order valence-electron chi connectivity index (χ1n) is 15.5. The fourth-order valence-electron chi connectivity index (χ4n) is 6.44. The Bertz CT molecular complexity index is 1380. The highest BCUT2D eigenvalue weighted by molar-refractivity contribution is 5.94. The summed E-state index contributed by atoms with van der Waals surface area (Å²) >= 11 is 0. The van der Waals surface area contributed by atoms with Gasteiger partial charge in [0.25, 0.3) is 5.91 Å². The Hall–Kier alpha value is -3.77. The predicted molar refractivity (Wildman–Crippen MR) is 171 cm³/mol. The zero-order valence-electron chi connectivity index (χ0n) is 24.5. The van der Waals surface area contributed by atoms with Crippen LogP contribution in [-0.2, 0) is 19.4 Å². The number of nitrogens with one attached hydrogen (secondary N) is 1. The smallest absolute Gasteiger partial charge is 0.254 e. The molecule has 0 saturated carbocycles. The molecule has 0 radical (unpaired) electrons. The van der Waals surface area contributed by atoms with Crippen LogP contribution in [0, 0.1) is 0 Å². The van der Waals surface area contributed by atoms with Gasteiger partial charge in [-0.2, -0.15) is 0 Å².